The number of aliphatic hydroxyl groups is 1. The topological polar surface area (TPSA) is 66.8 Å². The highest BCUT2D eigenvalue weighted by Crippen LogP contribution is 2.33. The van der Waals surface area contributed by atoms with Gasteiger partial charge in [-0.2, -0.15) is 0 Å². The first kappa shape index (κ1) is 13.3. The highest BCUT2D eigenvalue weighted by molar-refractivity contribution is 6.03. The summed E-state index contributed by atoms with van der Waals surface area (Å²) in [5.41, 5.74) is 0.878. The maximum atomic E-state index is 11.9. The number of methoxy groups -OCH3 is 1. The Labute approximate surface area is 100 Å². The van der Waals surface area contributed by atoms with Crippen molar-refractivity contribution in [3.8, 4) is 11.5 Å². The molecule has 1 unspecified atom stereocenters. The van der Waals surface area contributed by atoms with E-state index < -0.39 is 11.9 Å². The van der Waals surface area contributed by atoms with E-state index in [0.29, 0.717) is 12.0 Å². The Balaban J connectivity index is 3.43. The molecule has 0 saturated carbocycles. The van der Waals surface area contributed by atoms with E-state index in [1.807, 2.05) is 0 Å². The summed E-state index contributed by atoms with van der Waals surface area (Å²) >= 11 is 0. The normalized spacial score (nSPS) is 11.9. The van der Waals surface area contributed by atoms with Crippen molar-refractivity contribution in [2.24, 2.45) is 0 Å². The van der Waals surface area contributed by atoms with Gasteiger partial charge in [-0.15, -0.1) is 6.58 Å². The monoisotopic (exact) mass is 236 g/mol. The number of aromatic hydroxyl groups is 1. The van der Waals surface area contributed by atoms with E-state index in [1.54, 1.807) is 12.1 Å². The van der Waals surface area contributed by atoms with Gasteiger partial charge in [-0.25, -0.2) is 0 Å². The minimum absolute atomic E-state index is 0.0928. The third-order valence-electron chi connectivity index (χ3n) is 2.42. The number of phenols is 1. The number of hydrogen-bond acceptors (Lipinski definition) is 4. The Morgan fingerprint density at radius 3 is 2.71 bits per heavy atom. The van der Waals surface area contributed by atoms with Gasteiger partial charge in [0.25, 0.3) is 0 Å². The summed E-state index contributed by atoms with van der Waals surface area (Å²) in [5, 5.41) is 19.0. The molecule has 0 aliphatic rings. The average molecular weight is 236 g/mol. The van der Waals surface area contributed by atoms with Gasteiger partial charge < -0.3 is 14.9 Å². The van der Waals surface area contributed by atoms with Crippen LogP contribution < -0.4 is 4.74 Å². The second-order valence-corrected chi connectivity index (χ2v) is 3.69. The van der Waals surface area contributed by atoms with Crippen LogP contribution in [0.5, 0.6) is 11.5 Å². The fourth-order valence-corrected chi connectivity index (χ4v) is 1.62. The van der Waals surface area contributed by atoms with Crippen LogP contribution in [0.2, 0.25) is 0 Å². The van der Waals surface area contributed by atoms with Crippen LogP contribution in [0.1, 0.15) is 22.8 Å². The third kappa shape index (κ3) is 2.65. The molecule has 1 rings (SSSR count). The lowest BCUT2D eigenvalue weighted by atomic mass is 9.97. The molecule has 0 spiro atoms. The Hall–Kier alpha value is -1.81. The van der Waals surface area contributed by atoms with E-state index in [1.165, 1.54) is 20.1 Å². The maximum absolute atomic E-state index is 11.9. The number of carbonyl (C=O) groups is 1. The van der Waals surface area contributed by atoms with Crippen molar-refractivity contribution in [1.29, 1.82) is 0 Å². The zero-order valence-corrected chi connectivity index (χ0v) is 9.93. The van der Waals surface area contributed by atoms with Crippen molar-refractivity contribution in [3.05, 3.63) is 35.9 Å². The fraction of sp³-hybridized carbons (Fsp3) is 0.308. The summed E-state index contributed by atoms with van der Waals surface area (Å²) < 4.78 is 5.02. The smallest absolute Gasteiger partial charge is 0.195 e. The molecule has 0 aliphatic carbocycles. The largest absolute Gasteiger partial charge is 0.504 e. The van der Waals surface area contributed by atoms with Crippen LogP contribution >= 0.6 is 0 Å². The summed E-state index contributed by atoms with van der Waals surface area (Å²) in [7, 11) is 1.37. The SMILES string of the molecule is C=CCc1ccc(O)c(OC)c1C(=O)C(C)O. The van der Waals surface area contributed by atoms with Gasteiger partial charge in [-0.05, 0) is 25.0 Å². The zero-order valence-electron chi connectivity index (χ0n) is 9.93. The molecule has 17 heavy (non-hydrogen) atoms. The number of carbonyl (C=O) groups excluding carboxylic acids is 1. The highest BCUT2D eigenvalue weighted by Gasteiger charge is 2.22. The molecular weight excluding hydrogens is 220 g/mol. The van der Waals surface area contributed by atoms with Crippen molar-refractivity contribution < 1.29 is 19.7 Å². The van der Waals surface area contributed by atoms with Gasteiger partial charge in [0.15, 0.2) is 17.3 Å². The first-order valence-electron chi connectivity index (χ1n) is 5.25. The molecule has 0 fully saturated rings. The van der Waals surface area contributed by atoms with Crippen LogP contribution in [-0.2, 0) is 6.42 Å². The molecular formula is C13H16O4. The Bertz CT molecular complexity index is 435. The number of allylic oxidation sites excluding steroid dienone is 1. The number of ether oxygens (including phenoxy) is 1. The quantitative estimate of drug-likeness (QED) is 0.603. The van der Waals surface area contributed by atoms with Gasteiger partial charge in [-0.3, -0.25) is 4.79 Å². The molecule has 92 valence electrons. The van der Waals surface area contributed by atoms with Crippen molar-refractivity contribution >= 4 is 5.78 Å². The molecule has 4 nitrogen and oxygen atoms in total. The predicted octanol–water partition coefficient (Wildman–Crippen LogP) is 1.69. The minimum Gasteiger partial charge on any atom is -0.504 e. The first-order chi connectivity index (χ1) is 8.02. The van der Waals surface area contributed by atoms with Crippen molar-refractivity contribution in [2.45, 2.75) is 19.4 Å². The molecule has 1 atom stereocenters. The number of benzene rings is 1. The predicted molar refractivity (Wildman–Crippen MR) is 64.6 cm³/mol. The molecule has 0 radical (unpaired) electrons. The molecule has 0 saturated heterocycles. The van der Waals surface area contributed by atoms with Gasteiger partial charge in [0.1, 0.15) is 6.10 Å². The number of aliphatic hydroxyl groups excluding tert-OH is 1. The van der Waals surface area contributed by atoms with Crippen molar-refractivity contribution in [1.82, 2.24) is 0 Å². The molecule has 1 aromatic carbocycles. The molecule has 1 aromatic rings. The van der Waals surface area contributed by atoms with E-state index in [0.717, 1.165) is 0 Å². The van der Waals surface area contributed by atoms with Crippen LogP contribution in [0.3, 0.4) is 0 Å². The Morgan fingerprint density at radius 1 is 1.59 bits per heavy atom. The fourth-order valence-electron chi connectivity index (χ4n) is 1.62. The van der Waals surface area contributed by atoms with Crippen LogP contribution in [0.25, 0.3) is 0 Å². The number of rotatable bonds is 5. The summed E-state index contributed by atoms with van der Waals surface area (Å²) in [6.07, 6.45) is 0.962. The Morgan fingerprint density at radius 2 is 2.24 bits per heavy atom. The van der Waals surface area contributed by atoms with E-state index in [4.69, 9.17) is 4.74 Å². The van der Waals surface area contributed by atoms with Crippen LogP contribution in [0, 0.1) is 0 Å². The molecule has 0 aliphatic heterocycles. The second-order valence-electron chi connectivity index (χ2n) is 3.69. The van der Waals surface area contributed by atoms with Crippen LogP contribution in [0.15, 0.2) is 24.8 Å². The van der Waals surface area contributed by atoms with E-state index in [2.05, 4.69) is 6.58 Å². The van der Waals surface area contributed by atoms with Gasteiger partial charge in [0.2, 0.25) is 0 Å². The third-order valence-corrected chi connectivity index (χ3v) is 2.42. The lowest BCUT2D eigenvalue weighted by Crippen LogP contribution is -2.19. The second kappa shape index (κ2) is 5.50. The van der Waals surface area contributed by atoms with Gasteiger partial charge in [0.05, 0.1) is 12.7 Å². The average Bonchev–Trinajstić information content (AvgIpc) is 2.30. The minimum atomic E-state index is -1.14. The van der Waals surface area contributed by atoms with Gasteiger partial charge in [0, 0.05) is 0 Å². The number of phenolic OH excluding ortho intramolecular Hbond substituents is 1. The standard InChI is InChI=1S/C13H16O4/c1-4-5-9-6-7-10(15)13(17-3)11(9)12(16)8(2)14/h4,6-8,14-15H,1,5H2,2-3H3. The zero-order chi connectivity index (χ0) is 13.0. The summed E-state index contributed by atoms with van der Waals surface area (Å²) in [6, 6.07) is 3.08. The van der Waals surface area contributed by atoms with E-state index in [-0.39, 0.29) is 17.1 Å². The van der Waals surface area contributed by atoms with Gasteiger partial charge >= 0.3 is 0 Å². The number of ketones is 1. The van der Waals surface area contributed by atoms with Gasteiger partial charge in [-0.1, -0.05) is 12.1 Å². The molecule has 0 amide bonds. The van der Waals surface area contributed by atoms with E-state index in [9.17, 15) is 15.0 Å². The highest BCUT2D eigenvalue weighted by atomic mass is 16.5. The lowest BCUT2D eigenvalue weighted by molar-refractivity contribution is 0.0774. The molecule has 2 N–H and O–H groups in total. The Kier molecular flexibility index (Phi) is 4.29. The van der Waals surface area contributed by atoms with Crippen LogP contribution in [-0.4, -0.2) is 29.2 Å². The van der Waals surface area contributed by atoms with Crippen molar-refractivity contribution in [2.75, 3.05) is 7.11 Å². The molecule has 0 bridgehead atoms. The number of Topliss-reactive ketones (excluding diaryl/α,β-unsaturated/α-hetero) is 1. The summed E-state index contributed by atoms with van der Waals surface area (Å²) in [6.45, 7) is 4.98. The molecule has 0 heterocycles. The van der Waals surface area contributed by atoms with Crippen molar-refractivity contribution in [3.63, 3.8) is 0 Å². The number of hydrogen-bond donors (Lipinski definition) is 2. The molecule has 4 heteroatoms. The first-order valence-corrected chi connectivity index (χ1v) is 5.25. The van der Waals surface area contributed by atoms with Crippen LogP contribution in [0.4, 0.5) is 0 Å². The molecule has 0 aromatic heterocycles. The van der Waals surface area contributed by atoms with E-state index >= 15 is 0 Å². The summed E-state index contributed by atoms with van der Waals surface area (Å²) in [5.74, 6) is -0.505. The summed E-state index contributed by atoms with van der Waals surface area (Å²) in [4.78, 5) is 11.9. The lowest BCUT2D eigenvalue weighted by Gasteiger charge is -2.14. The maximum Gasteiger partial charge on any atom is 0.195 e.